The van der Waals surface area contributed by atoms with Gasteiger partial charge in [0, 0.05) is 16.4 Å². The minimum Gasteiger partial charge on any atom is -0.598 e. The van der Waals surface area contributed by atoms with Crippen LogP contribution in [-0.2, 0) is 11.4 Å². The smallest absolute Gasteiger partial charge is 0.272 e. The summed E-state index contributed by atoms with van der Waals surface area (Å²) in [7, 11) is 0. The van der Waals surface area contributed by atoms with Crippen molar-refractivity contribution in [3.05, 3.63) is 28.8 Å². The number of ether oxygens (including phenoxy) is 1. The predicted octanol–water partition coefficient (Wildman–Crippen LogP) is 4.10. The molecule has 1 aromatic rings. The molecule has 0 saturated carbocycles. The standard InChI is InChI=1S/C14H20ClF2NO2S/c1-9(18-21(19)14(2,3)4)11-6-5-10(7-12(11)15)20-8-13(16)17/h5-7,9,13,18H,8H2,1-4H3. The van der Waals surface area contributed by atoms with Gasteiger partial charge in [0.2, 0.25) is 0 Å². The average Bonchev–Trinajstić information content (AvgIpc) is 2.34. The molecule has 0 aliphatic heterocycles. The van der Waals surface area contributed by atoms with Crippen LogP contribution in [0.2, 0.25) is 5.02 Å². The second kappa shape index (κ2) is 7.63. The number of nitrogens with one attached hydrogen (secondary N) is 1. The molecule has 1 aromatic carbocycles. The largest absolute Gasteiger partial charge is 0.598 e. The van der Waals surface area contributed by atoms with Crippen LogP contribution >= 0.6 is 11.6 Å². The van der Waals surface area contributed by atoms with E-state index in [9.17, 15) is 13.3 Å². The van der Waals surface area contributed by atoms with Crippen LogP contribution in [0.5, 0.6) is 5.75 Å². The van der Waals surface area contributed by atoms with E-state index in [2.05, 4.69) is 4.72 Å². The third kappa shape index (κ3) is 5.98. The zero-order valence-electron chi connectivity index (χ0n) is 12.5. The van der Waals surface area contributed by atoms with Gasteiger partial charge < -0.3 is 9.29 Å². The monoisotopic (exact) mass is 339 g/mol. The van der Waals surface area contributed by atoms with Gasteiger partial charge in [0.15, 0.2) is 0 Å². The number of hydrogen-bond donors (Lipinski definition) is 1. The molecule has 120 valence electrons. The highest BCUT2D eigenvalue weighted by atomic mass is 35.5. The number of rotatable bonds is 6. The highest BCUT2D eigenvalue weighted by Crippen LogP contribution is 2.29. The number of hydrogen-bond acceptors (Lipinski definition) is 3. The zero-order valence-corrected chi connectivity index (χ0v) is 14.0. The second-order valence-corrected chi connectivity index (χ2v) is 8.01. The second-order valence-electron chi connectivity index (χ2n) is 5.61. The van der Waals surface area contributed by atoms with Crippen LogP contribution in [0.15, 0.2) is 18.2 Å². The molecule has 2 atom stereocenters. The summed E-state index contributed by atoms with van der Waals surface area (Å²) in [6, 6.07) is 4.50. The van der Waals surface area contributed by atoms with Crippen LogP contribution in [0.4, 0.5) is 8.78 Å². The van der Waals surface area contributed by atoms with E-state index in [4.69, 9.17) is 16.3 Å². The lowest BCUT2D eigenvalue weighted by Crippen LogP contribution is -2.40. The molecular weight excluding hydrogens is 320 g/mol. The van der Waals surface area contributed by atoms with Crippen LogP contribution in [0.1, 0.15) is 39.3 Å². The van der Waals surface area contributed by atoms with Crippen molar-refractivity contribution in [2.45, 2.75) is 44.9 Å². The van der Waals surface area contributed by atoms with Gasteiger partial charge in [-0.15, -0.1) is 4.72 Å². The molecule has 0 aliphatic rings. The van der Waals surface area contributed by atoms with Crippen molar-refractivity contribution < 1.29 is 18.1 Å². The predicted molar refractivity (Wildman–Crippen MR) is 82.4 cm³/mol. The highest BCUT2D eigenvalue weighted by molar-refractivity contribution is 7.90. The fourth-order valence-electron chi connectivity index (χ4n) is 1.51. The number of halogens is 3. The third-order valence-corrected chi connectivity index (χ3v) is 4.66. The summed E-state index contributed by atoms with van der Waals surface area (Å²) in [5, 5.41) is 0.382. The molecule has 0 aliphatic carbocycles. The Kier molecular flexibility index (Phi) is 6.71. The van der Waals surface area contributed by atoms with Gasteiger partial charge in [0.05, 0.1) is 6.04 Å². The molecule has 1 N–H and O–H groups in total. The summed E-state index contributed by atoms with van der Waals surface area (Å²) in [5.41, 5.74) is 0.735. The van der Waals surface area contributed by atoms with Crippen LogP contribution < -0.4 is 9.46 Å². The SMILES string of the molecule is CC(N[S+]([O-])C(C)(C)C)c1ccc(OCC(F)F)cc1Cl. The first-order valence-electron chi connectivity index (χ1n) is 6.49. The fourth-order valence-corrected chi connectivity index (χ4v) is 2.64. The molecule has 21 heavy (non-hydrogen) atoms. The summed E-state index contributed by atoms with van der Waals surface area (Å²) in [6.45, 7) is 6.77. The molecule has 0 fully saturated rings. The molecule has 0 bridgehead atoms. The maximum atomic E-state index is 12.1. The van der Waals surface area contributed by atoms with Crippen molar-refractivity contribution in [2.75, 3.05) is 6.61 Å². The van der Waals surface area contributed by atoms with Gasteiger partial charge in [0.1, 0.15) is 17.1 Å². The lowest BCUT2D eigenvalue weighted by Gasteiger charge is -2.27. The maximum absolute atomic E-state index is 12.1. The molecule has 0 saturated heterocycles. The van der Waals surface area contributed by atoms with E-state index in [1.54, 1.807) is 12.1 Å². The molecule has 0 spiro atoms. The van der Waals surface area contributed by atoms with Crippen LogP contribution in [0, 0.1) is 0 Å². The van der Waals surface area contributed by atoms with Crippen molar-refractivity contribution in [1.82, 2.24) is 4.72 Å². The van der Waals surface area contributed by atoms with Gasteiger partial charge in [-0.25, -0.2) is 8.78 Å². The Morgan fingerprint density at radius 1 is 1.38 bits per heavy atom. The maximum Gasteiger partial charge on any atom is 0.272 e. The molecule has 7 heteroatoms. The van der Waals surface area contributed by atoms with E-state index in [1.165, 1.54) is 6.07 Å². The Balaban J connectivity index is 2.75. The van der Waals surface area contributed by atoms with Crippen LogP contribution in [0.25, 0.3) is 0 Å². The summed E-state index contributed by atoms with van der Waals surface area (Å²) >= 11 is 4.90. The Labute approximate surface area is 132 Å². The van der Waals surface area contributed by atoms with Gasteiger partial charge in [-0.05, 0) is 45.4 Å². The lowest BCUT2D eigenvalue weighted by atomic mass is 10.1. The van der Waals surface area contributed by atoms with E-state index in [1.807, 2.05) is 27.7 Å². The van der Waals surface area contributed by atoms with Gasteiger partial charge in [-0.3, -0.25) is 0 Å². The van der Waals surface area contributed by atoms with E-state index < -0.39 is 24.4 Å². The molecular formula is C14H20ClF2NO2S. The molecule has 0 heterocycles. The Morgan fingerprint density at radius 3 is 2.48 bits per heavy atom. The summed E-state index contributed by atoms with van der Waals surface area (Å²) in [4.78, 5) is 0. The Morgan fingerprint density at radius 2 is 2.00 bits per heavy atom. The Hall–Kier alpha value is -0.560. The molecule has 2 unspecified atom stereocenters. The van der Waals surface area contributed by atoms with Crippen molar-refractivity contribution in [2.24, 2.45) is 0 Å². The van der Waals surface area contributed by atoms with Gasteiger partial charge in [-0.2, -0.15) is 0 Å². The van der Waals surface area contributed by atoms with Crippen molar-refractivity contribution in [3.8, 4) is 5.75 Å². The number of benzene rings is 1. The minimum atomic E-state index is -2.53. The normalized spacial score (nSPS) is 15.1. The summed E-state index contributed by atoms with van der Waals surface area (Å²) in [6.07, 6.45) is -2.53. The molecule has 0 radical (unpaired) electrons. The fraction of sp³-hybridized carbons (Fsp3) is 0.571. The van der Waals surface area contributed by atoms with Gasteiger partial charge in [0.25, 0.3) is 6.43 Å². The van der Waals surface area contributed by atoms with Crippen molar-refractivity contribution in [1.29, 1.82) is 0 Å². The first-order chi connectivity index (χ1) is 9.61. The first kappa shape index (κ1) is 18.5. The Bertz CT molecular complexity index is 469. The van der Waals surface area contributed by atoms with Crippen LogP contribution in [0.3, 0.4) is 0 Å². The average molecular weight is 340 g/mol. The molecule has 1 rings (SSSR count). The van der Waals surface area contributed by atoms with Crippen molar-refractivity contribution in [3.63, 3.8) is 0 Å². The molecule has 3 nitrogen and oxygen atoms in total. The third-order valence-electron chi connectivity index (χ3n) is 2.65. The number of alkyl halides is 2. The quantitative estimate of drug-likeness (QED) is 0.794. The minimum absolute atomic E-state index is 0.235. The van der Waals surface area contributed by atoms with Crippen LogP contribution in [-0.4, -0.2) is 22.3 Å². The van der Waals surface area contributed by atoms with E-state index in [-0.39, 0.29) is 16.5 Å². The summed E-state index contributed by atoms with van der Waals surface area (Å²) in [5.74, 6) is 0.285. The molecule has 0 amide bonds. The van der Waals surface area contributed by atoms with E-state index in [0.717, 1.165) is 5.56 Å². The zero-order chi connectivity index (χ0) is 16.2. The topological polar surface area (TPSA) is 44.3 Å². The van der Waals surface area contributed by atoms with E-state index >= 15 is 0 Å². The first-order valence-corrected chi connectivity index (χ1v) is 8.02. The van der Waals surface area contributed by atoms with Gasteiger partial charge >= 0.3 is 0 Å². The molecule has 0 aromatic heterocycles. The lowest BCUT2D eigenvalue weighted by molar-refractivity contribution is 0.0819. The highest BCUT2D eigenvalue weighted by Gasteiger charge is 2.28. The van der Waals surface area contributed by atoms with Gasteiger partial charge in [-0.1, -0.05) is 17.7 Å². The van der Waals surface area contributed by atoms with Crippen molar-refractivity contribution >= 4 is 23.0 Å². The summed E-state index contributed by atoms with van der Waals surface area (Å²) < 4.78 is 43.7. The van der Waals surface area contributed by atoms with E-state index in [0.29, 0.717) is 5.02 Å².